The van der Waals surface area contributed by atoms with Crippen LogP contribution in [0.1, 0.15) is 12.5 Å². The standard InChI is InChI=1S/C12H16ClN3O/c1-9(17)16-12(8-14-6-7-15-12)10-2-4-11(13)5-3-10/h2-5,14-15H,6-8H2,1H3,(H,16,17). The number of rotatable bonds is 2. The molecule has 1 amide bonds. The minimum atomic E-state index is -0.533. The molecule has 0 aromatic heterocycles. The van der Waals surface area contributed by atoms with Crippen LogP contribution < -0.4 is 16.0 Å². The molecule has 1 aliphatic heterocycles. The van der Waals surface area contributed by atoms with Crippen molar-refractivity contribution in [1.29, 1.82) is 0 Å². The average molecular weight is 254 g/mol. The molecule has 1 atom stereocenters. The first-order chi connectivity index (χ1) is 8.12. The number of hydrogen-bond acceptors (Lipinski definition) is 3. The van der Waals surface area contributed by atoms with Gasteiger partial charge in [-0.15, -0.1) is 0 Å². The molecule has 1 saturated heterocycles. The number of piperazine rings is 1. The van der Waals surface area contributed by atoms with Gasteiger partial charge in [0.1, 0.15) is 5.66 Å². The molecule has 5 heteroatoms. The van der Waals surface area contributed by atoms with Gasteiger partial charge >= 0.3 is 0 Å². The molecule has 1 aliphatic rings. The van der Waals surface area contributed by atoms with Crippen molar-refractivity contribution in [1.82, 2.24) is 16.0 Å². The maximum absolute atomic E-state index is 11.4. The predicted molar refractivity (Wildman–Crippen MR) is 67.8 cm³/mol. The predicted octanol–water partition coefficient (Wildman–Crippen LogP) is 0.822. The molecule has 0 radical (unpaired) electrons. The molecule has 1 aromatic rings. The third kappa shape index (κ3) is 2.77. The van der Waals surface area contributed by atoms with E-state index in [1.165, 1.54) is 6.92 Å². The van der Waals surface area contributed by atoms with Crippen molar-refractivity contribution in [2.45, 2.75) is 12.6 Å². The number of nitrogens with one attached hydrogen (secondary N) is 3. The Kier molecular flexibility index (Phi) is 3.66. The summed E-state index contributed by atoms with van der Waals surface area (Å²) in [6, 6.07) is 7.52. The molecule has 4 nitrogen and oxygen atoms in total. The van der Waals surface area contributed by atoms with Crippen molar-refractivity contribution in [3.8, 4) is 0 Å². The monoisotopic (exact) mass is 253 g/mol. The van der Waals surface area contributed by atoms with Gasteiger partial charge < -0.3 is 10.6 Å². The number of carbonyl (C=O) groups excluding carboxylic acids is 1. The van der Waals surface area contributed by atoms with Crippen LogP contribution in [0, 0.1) is 0 Å². The molecule has 0 bridgehead atoms. The van der Waals surface area contributed by atoms with Crippen molar-refractivity contribution in [3.05, 3.63) is 34.9 Å². The maximum atomic E-state index is 11.4. The van der Waals surface area contributed by atoms with E-state index in [2.05, 4.69) is 16.0 Å². The van der Waals surface area contributed by atoms with Crippen LogP contribution in [0.15, 0.2) is 24.3 Å². The molecule has 92 valence electrons. The second-order valence-corrected chi connectivity index (χ2v) is 4.63. The Morgan fingerprint density at radius 2 is 2.06 bits per heavy atom. The number of hydrogen-bond donors (Lipinski definition) is 3. The zero-order chi connectivity index (χ0) is 12.3. The summed E-state index contributed by atoms with van der Waals surface area (Å²) in [4.78, 5) is 11.4. The van der Waals surface area contributed by atoms with Crippen LogP contribution in [-0.2, 0) is 10.5 Å². The normalized spacial score (nSPS) is 24.4. The van der Waals surface area contributed by atoms with Crippen molar-refractivity contribution in [2.75, 3.05) is 19.6 Å². The Morgan fingerprint density at radius 1 is 1.35 bits per heavy atom. The lowest BCUT2D eigenvalue weighted by Crippen LogP contribution is -2.65. The van der Waals surface area contributed by atoms with Crippen LogP contribution in [0.5, 0.6) is 0 Å². The summed E-state index contributed by atoms with van der Waals surface area (Å²) in [7, 11) is 0. The molecular formula is C12H16ClN3O. The van der Waals surface area contributed by atoms with Gasteiger partial charge in [-0.05, 0) is 17.7 Å². The van der Waals surface area contributed by atoms with Gasteiger partial charge in [-0.3, -0.25) is 10.1 Å². The summed E-state index contributed by atoms with van der Waals surface area (Å²) in [5.74, 6) is -0.0591. The van der Waals surface area contributed by atoms with Crippen molar-refractivity contribution < 1.29 is 4.79 Å². The minimum absolute atomic E-state index is 0.0591. The van der Waals surface area contributed by atoms with E-state index in [0.717, 1.165) is 18.7 Å². The highest BCUT2D eigenvalue weighted by atomic mass is 35.5. The van der Waals surface area contributed by atoms with Crippen LogP contribution in [-0.4, -0.2) is 25.5 Å². The molecule has 0 spiro atoms. The molecule has 2 rings (SSSR count). The number of halogens is 1. The van der Waals surface area contributed by atoms with E-state index in [9.17, 15) is 4.79 Å². The van der Waals surface area contributed by atoms with Crippen LogP contribution in [0.2, 0.25) is 5.02 Å². The maximum Gasteiger partial charge on any atom is 0.218 e. The Bertz CT molecular complexity index is 399. The van der Waals surface area contributed by atoms with Gasteiger partial charge in [0.05, 0.1) is 0 Å². The number of carbonyl (C=O) groups is 1. The highest BCUT2D eigenvalue weighted by molar-refractivity contribution is 6.30. The van der Waals surface area contributed by atoms with Crippen LogP contribution in [0.4, 0.5) is 0 Å². The zero-order valence-electron chi connectivity index (χ0n) is 9.72. The topological polar surface area (TPSA) is 53.2 Å². The van der Waals surface area contributed by atoms with E-state index in [1.54, 1.807) is 0 Å². The first kappa shape index (κ1) is 12.4. The lowest BCUT2D eigenvalue weighted by atomic mass is 9.97. The average Bonchev–Trinajstić information content (AvgIpc) is 2.30. The summed E-state index contributed by atoms with van der Waals surface area (Å²) in [6.07, 6.45) is 0. The fraction of sp³-hybridized carbons (Fsp3) is 0.417. The SMILES string of the molecule is CC(=O)NC1(c2ccc(Cl)cc2)CNCCN1. The fourth-order valence-corrected chi connectivity index (χ4v) is 2.23. The fourth-order valence-electron chi connectivity index (χ4n) is 2.10. The number of benzene rings is 1. The molecule has 0 aliphatic carbocycles. The zero-order valence-corrected chi connectivity index (χ0v) is 10.5. The van der Waals surface area contributed by atoms with Crippen LogP contribution >= 0.6 is 11.6 Å². The van der Waals surface area contributed by atoms with Gasteiger partial charge in [0.15, 0.2) is 0 Å². The molecule has 1 aromatic carbocycles. The Hall–Kier alpha value is -1.10. The number of amides is 1. The summed E-state index contributed by atoms with van der Waals surface area (Å²) >= 11 is 5.88. The largest absolute Gasteiger partial charge is 0.333 e. The first-order valence-corrected chi connectivity index (χ1v) is 6.01. The molecule has 1 heterocycles. The third-order valence-corrected chi connectivity index (χ3v) is 3.10. The van der Waals surface area contributed by atoms with E-state index < -0.39 is 5.66 Å². The Morgan fingerprint density at radius 3 is 2.59 bits per heavy atom. The molecule has 1 fully saturated rings. The quantitative estimate of drug-likeness (QED) is 0.732. The smallest absolute Gasteiger partial charge is 0.218 e. The van der Waals surface area contributed by atoms with Crippen molar-refractivity contribution in [3.63, 3.8) is 0 Å². The third-order valence-electron chi connectivity index (χ3n) is 2.85. The van der Waals surface area contributed by atoms with E-state index >= 15 is 0 Å². The van der Waals surface area contributed by atoms with Gasteiger partial charge in [-0.1, -0.05) is 23.7 Å². The van der Waals surface area contributed by atoms with Crippen molar-refractivity contribution >= 4 is 17.5 Å². The minimum Gasteiger partial charge on any atom is -0.333 e. The van der Waals surface area contributed by atoms with Gasteiger partial charge in [0.25, 0.3) is 0 Å². The van der Waals surface area contributed by atoms with E-state index in [-0.39, 0.29) is 5.91 Å². The van der Waals surface area contributed by atoms with E-state index in [1.807, 2.05) is 24.3 Å². The van der Waals surface area contributed by atoms with Gasteiger partial charge in [-0.2, -0.15) is 0 Å². The molecule has 1 unspecified atom stereocenters. The highest BCUT2D eigenvalue weighted by Crippen LogP contribution is 2.21. The summed E-state index contributed by atoms with van der Waals surface area (Å²) < 4.78 is 0. The second-order valence-electron chi connectivity index (χ2n) is 4.20. The lowest BCUT2D eigenvalue weighted by Gasteiger charge is -2.39. The second kappa shape index (κ2) is 5.04. The van der Waals surface area contributed by atoms with Gasteiger partial charge in [0, 0.05) is 31.6 Å². The van der Waals surface area contributed by atoms with Crippen molar-refractivity contribution in [2.24, 2.45) is 0 Å². The first-order valence-electron chi connectivity index (χ1n) is 5.63. The van der Waals surface area contributed by atoms with E-state index in [0.29, 0.717) is 11.6 Å². The van der Waals surface area contributed by atoms with Crippen LogP contribution in [0.3, 0.4) is 0 Å². The molecular weight excluding hydrogens is 238 g/mol. The summed E-state index contributed by atoms with van der Waals surface area (Å²) in [5.41, 5.74) is 0.471. The Labute approximate surface area is 106 Å². The van der Waals surface area contributed by atoms with Crippen LogP contribution in [0.25, 0.3) is 0 Å². The lowest BCUT2D eigenvalue weighted by molar-refractivity contribution is -0.121. The highest BCUT2D eigenvalue weighted by Gasteiger charge is 2.34. The Balaban J connectivity index is 2.31. The summed E-state index contributed by atoms with van der Waals surface area (Å²) in [6.45, 7) is 3.89. The van der Waals surface area contributed by atoms with Gasteiger partial charge in [0.2, 0.25) is 5.91 Å². The van der Waals surface area contributed by atoms with E-state index in [4.69, 9.17) is 11.6 Å². The molecule has 17 heavy (non-hydrogen) atoms. The molecule has 0 saturated carbocycles. The summed E-state index contributed by atoms with van der Waals surface area (Å²) in [5, 5.41) is 10.3. The van der Waals surface area contributed by atoms with Gasteiger partial charge in [-0.25, -0.2) is 0 Å². The molecule has 3 N–H and O–H groups in total.